The largest absolute Gasteiger partial charge is 0.394 e. The third-order valence-corrected chi connectivity index (χ3v) is 3.13. The highest BCUT2D eigenvalue weighted by molar-refractivity contribution is 7.86. The normalized spacial score (nSPS) is 12.4. The van der Waals surface area contributed by atoms with Crippen LogP contribution in [0.4, 0.5) is 0 Å². The van der Waals surface area contributed by atoms with Crippen LogP contribution in [-0.4, -0.2) is 45.7 Å². The van der Waals surface area contributed by atoms with Gasteiger partial charge in [0, 0.05) is 12.4 Å². The summed E-state index contributed by atoms with van der Waals surface area (Å²) in [4.78, 5) is 6.42. The van der Waals surface area contributed by atoms with Crippen LogP contribution in [0, 0.1) is 0 Å². The van der Waals surface area contributed by atoms with E-state index in [4.69, 9.17) is 22.1 Å². The van der Waals surface area contributed by atoms with Crippen molar-refractivity contribution in [3.8, 4) is 0 Å². The van der Waals surface area contributed by atoms with Crippen LogP contribution in [0.1, 0.15) is 33.1 Å². The first-order valence-electron chi connectivity index (χ1n) is 5.57. The molecule has 1 rings (SSSR count). The lowest BCUT2D eigenvalue weighted by atomic mass is 10.2. The molecule has 0 saturated heterocycles. The zero-order valence-corrected chi connectivity index (χ0v) is 12.8. The average molecular weight is 332 g/mol. The summed E-state index contributed by atoms with van der Waals surface area (Å²) >= 11 is 0. The summed E-state index contributed by atoms with van der Waals surface area (Å²) in [6.07, 6.45) is 7.44. The molecular weight excluding hydrogens is 312 g/mol. The molecule has 0 amide bonds. The van der Waals surface area contributed by atoms with Gasteiger partial charge in [-0.05, 0) is 13.3 Å². The van der Waals surface area contributed by atoms with Gasteiger partial charge in [0.1, 0.15) is 0 Å². The molecule has 0 fully saturated rings. The average Bonchev–Trinajstić information content (AvgIpc) is 2.80. The Morgan fingerprint density at radius 1 is 1.20 bits per heavy atom. The summed E-state index contributed by atoms with van der Waals surface area (Å²) in [7, 11) is -8.44. The maximum atomic E-state index is 10.4. The van der Waals surface area contributed by atoms with Crippen LogP contribution >= 0.6 is 0 Å². The molecule has 0 radical (unpaired) electrons. The second-order valence-electron chi connectivity index (χ2n) is 3.68. The van der Waals surface area contributed by atoms with Crippen molar-refractivity contribution >= 4 is 20.5 Å². The van der Waals surface area contributed by atoms with Crippen molar-refractivity contribution in [2.24, 2.45) is 0 Å². The van der Waals surface area contributed by atoms with E-state index in [9.17, 15) is 8.42 Å². The molecule has 0 aliphatic carbocycles. The number of rotatable bonds is 4. The molecule has 0 bridgehead atoms. The van der Waals surface area contributed by atoms with E-state index in [0.717, 1.165) is 12.8 Å². The van der Waals surface area contributed by atoms with Gasteiger partial charge >= 0.3 is 10.4 Å². The van der Waals surface area contributed by atoms with Crippen molar-refractivity contribution in [2.45, 2.75) is 38.4 Å². The highest BCUT2D eigenvalue weighted by Gasteiger charge is 2.15. The summed E-state index contributed by atoms with van der Waals surface area (Å²) in [6, 6.07) is 0. The molecule has 0 saturated carbocycles. The number of H-pyrrole nitrogens is 1. The number of imidazole rings is 1. The van der Waals surface area contributed by atoms with Crippen LogP contribution in [0.25, 0.3) is 0 Å². The van der Waals surface area contributed by atoms with Crippen molar-refractivity contribution in [1.82, 2.24) is 9.97 Å². The van der Waals surface area contributed by atoms with Crippen LogP contribution in [0.3, 0.4) is 0 Å². The summed E-state index contributed by atoms with van der Waals surface area (Å²) in [5.41, 5.74) is 0. The van der Waals surface area contributed by atoms with E-state index in [0.29, 0.717) is 6.42 Å². The van der Waals surface area contributed by atoms with Gasteiger partial charge in [-0.2, -0.15) is 16.8 Å². The molecule has 0 spiro atoms. The fraction of sp³-hybridized carbons (Fsp3) is 0.667. The van der Waals surface area contributed by atoms with Crippen LogP contribution in [-0.2, 0) is 20.5 Å². The molecule has 0 aliphatic heterocycles. The van der Waals surface area contributed by atoms with E-state index >= 15 is 0 Å². The molecule has 11 heteroatoms. The number of aromatic nitrogens is 2. The first-order valence-corrected chi connectivity index (χ1v) is 8.47. The topological polar surface area (TPSA) is 158 Å². The molecule has 1 atom stereocenters. The van der Waals surface area contributed by atoms with Gasteiger partial charge in [-0.25, -0.2) is 4.98 Å². The van der Waals surface area contributed by atoms with Crippen molar-refractivity contribution in [3.05, 3.63) is 18.7 Å². The molecule has 0 aliphatic rings. The second kappa shape index (κ2) is 10.7. The van der Waals surface area contributed by atoms with Gasteiger partial charge in [-0.3, -0.25) is 13.7 Å². The fourth-order valence-electron chi connectivity index (χ4n) is 0.856. The standard InChI is InChI=1S/C6H14O3S.C3H4N2.H2O4S/c1-3-4-5-6(2)10(7,8)9;1-2-5-3-4-1;1-5(2,3)4/h6H,3-5H2,1-2H3,(H,7,8,9);1-3H,(H,4,5);(H2,1,2,3,4). The van der Waals surface area contributed by atoms with Gasteiger partial charge in [0.2, 0.25) is 0 Å². The minimum absolute atomic E-state index is 0.551. The molecule has 4 N–H and O–H groups in total. The predicted octanol–water partition coefficient (Wildman–Crippen LogP) is 1.21. The van der Waals surface area contributed by atoms with E-state index in [1.807, 2.05) is 6.92 Å². The number of hydrogen-bond acceptors (Lipinski definition) is 5. The highest BCUT2D eigenvalue weighted by Crippen LogP contribution is 2.07. The Balaban J connectivity index is 0. The van der Waals surface area contributed by atoms with Gasteiger partial charge < -0.3 is 4.98 Å². The Labute approximate surface area is 118 Å². The molecule has 20 heavy (non-hydrogen) atoms. The Kier molecular flexibility index (Phi) is 11.4. The first kappa shape index (κ1) is 21.3. The smallest absolute Gasteiger partial charge is 0.351 e. The molecule has 1 unspecified atom stereocenters. The summed E-state index contributed by atoms with van der Waals surface area (Å²) in [6.45, 7) is 3.50. The minimum atomic E-state index is -4.67. The Bertz CT molecular complexity index is 485. The molecule has 1 heterocycles. The maximum absolute atomic E-state index is 10.4. The molecular formula is C9H20N2O7S2. The van der Waals surface area contributed by atoms with Crippen molar-refractivity contribution < 1.29 is 30.5 Å². The molecule has 1 aromatic rings. The SMILES string of the molecule is CCCCC(C)S(=O)(=O)O.O=S(=O)(O)O.c1c[nH]cn1. The lowest BCUT2D eigenvalue weighted by Gasteiger charge is -2.04. The van der Waals surface area contributed by atoms with Gasteiger partial charge in [-0.15, -0.1) is 0 Å². The molecule has 1 aromatic heterocycles. The predicted molar refractivity (Wildman–Crippen MR) is 73.3 cm³/mol. The third kappa shape index (κ3) is 22.2. The summed E-state index contributed by atoms with van der Waals surface area (Å²) < 4.78 is 60.9. The fourth-order valence-corrected chi connectivity index (χ4v) is 1.32. The molecule has 0 aromatic carbocycles. The second-order valence-corrected chi connectivity index (χ2v) is 6.41. The first-order chi connectivity index (χ1) is 8.98. The lowest BCUT2D eigenvalue weighted by molar-refractivity contribution is 0.381. The molecule has 120 valence electrons. The quantitative estimate of drug-likeness (QED) is 0.599. The number of aromatic amines is 1. The van der Waals surface area contributed by atoms with Crippen LogP contribution < -0.4 is 0 Å². The van der Waals surface area contributed by atoms with Gasteiger partial charge in [0.25, 0.3) is 10.1 Å². The molecule has 9 nitrogen and oxygen atoms in total. The van der Waals surface area contributed by atoms with Crippen molar-refractivity contribution in [2.75, 3.05) is 0 Å². The van der Waals surface area contributed by atoms with Crippen LogP contribution in [0.5, 0.6) is 0 Å². The van der Waals surface area contributed by atoms with Gasteiger partial charge in [0.05, 0.1) is 11.6 Å². The van der Waals surface area contributed by atoms with Crippen molar-refractivity contribution in [1.29, 1.82) is 0 Å². The number of nitrogens with zero attached hydrogens (tertiary/aromatic N) is 1. The maximum Gasteiger partial charge on any atom is 0.394 e. The Morgan fingerprint density at radius 3 is 1.90 bits per heavy atom. The minimum Gasteiger partial charge on any atom is -0.351 e. The van der Waals surface area contributed by atoms with E-state index in [2.05, 4.69) is 9.97 Å². The summed E-state index contributed by atoms with van der Waals surface area (Å²) in [5.74, 6) is 0. The van der Waals surface area contributed by atoms with E-state index in [1.54, 1.807) is 18.7 Å². The Hall–Kier alpha value is -1.01. The van der Waals surface area contributed by atoms with Crippen LogP contribution in [0.2, 0.25) is 0 Å². The van der Waals surface area contributed by atoms with E-state index < -0.39 is 25.8 Å². The van der Waals surface area contributed by atoms with Gasteiger partial charge in [0.15, 0.2) is 0 Å². The number of unbranched alkanes of at least 4 members (excludes halogenated alkanes) is 1. The zero-order chi connectivity index (χ0) is 16.2. The highest BCUT2D eigenvalue weighted by atomic mass is 32.3. The Morgan fingerprint density at radius 2 is 1.70 bits per heavy atom. The number of nitrogens with one attached hydrogen (secondary N) is 1. The van der Waals surface area contributed by atoms with Crippen molar-refractivity contribution in [3.63, 3.8) is 0 Å². The monoisotopic (exact) mass is 332 g/mol. The van der Waals surface area contributed by atoms with Gasteiger partial charge in [-0.1, -0.05) is 19.8 Å². The summed E-state index contributed by atoms with van der Waals surface area (Å²) in [5, 5.41) is -0.604. The number of hydrogen-bond donors (Lipinski definition) is 4. The van der Waals surface area contributed by atoms with E-state index in [-0.39, 0.29) is 0 Å². The zero-order valence-electron chi connectivity index (χ0n) is 11.2. The lowest BCUT2D eigenvalue weighted by Crippen LogP contribution is -2.15. The van der Waals surface area contributed by atoms with E-state index in [1.165, 1.54) is 6.92 Å². The third-order valence-electron chi connectivity index (χ3n) is 1.88. The van der Waals surface area contributed by atoms with Crippen LogP contribution in [0.15, 0.2) is 18.7 Å².